The Morgan fingerprint density at radius 3 is 2.55 bits per heavy atom. The van der Waals surface area contributed by atoms with Gasteiger partial charge in [0.05, 0.1) is 13.0 Å². The van der Waals surface area contributed by atoms with Crippen LogP contribution in [-0.2, 0) is 14.3 Å². The van der Waals surface area contributed by atoms with Crippen LogP contribution in [0.15, 0.2) is 24.3 Å². The molecular weight excluding hydrogens is 261 g/mol. The molecule has 20 heavy (non-hydrogen) atoms. The zero-order chi connectivity index (χ0) is 15.0. The molecule has 0 saturated heterocycles. The summed E-state index contributed by atoms with van der Waals surface area (Å²) in [6.07, 6.45) is 0.471. The fourth-order valence-electron chi connectivity index (χ4n) is 1.80. The predicted molar refractivity (Wildman–Crippen MR) is 73.7 cm³/mol. The number of amides is 1. The minimum absolute atomic E-state index is 0.00167. The fourth-order valence-corrected chi connectivity index (χ4v) is 1.80. The Kier molecular flexibility index (Phi) is 6.70. The zero-order valence-corrected chi connectivity index (χ0v) is 11.8. The SMILES string of the molecule is CCOC(=O)CCNC(=O)C[C@H](C)c1ccc(F)cc1. The van der Waals surface area contributed by atoms with Crippen LogP contribution in [0.2, 0.25) is 0 Å². The maximum absolute atomic E-state index is 12.8. The molecule has 1 N–H and O–H groups in total. The molecule has 0 aromatic heterocycles. The Labute approximate surface area is 118 Å². The first kappa shape index (κ1) is 16.1. The topological polar surface area (TPSA) is 55.4 Å². The summed E-state index contributed by atoms with van der Waals surface area (Å²) in [5.41, 5.74) is 0.909. The van der Waals surface area contributed by atoms with E-state index in [2.05, 4.69) is 5.32 Å². The summed E-state index contributed by atoms with van der Waals surface area (Å²) in [5.74, 6) is -0.747. The number of ether oxygens (including phenoxy) is 1. The smallest absolute Gasteiger partial charge is 0.307 e. The third-order valence-electron chi connectivity index (χ3n) is 2.89. The van der Waals surface area contributed by atoms with E-state index in [-0.39, 0.29) is 36.6 Å². The second-order valence-corrected chi connectivity index (χ2v) is 4.56. The number of carbonyl (C=O) groups is 2. The van der Waals surface area contributed by atoms with Crippen LogP contribution < -0.4 is 5.32 Å². The van der Waals surface area contributed by atoms with Crippen molar-refractivity contribution in [1.82, 2.24) is 5.32 Å². The van der Waals surface area contributed by atoms with Crippen LogP contribution in [-0.4, -0.2) is 25.0 Å². The lowest BCUT2D eigenvalue weighted by molar-refractivity contribution is -0.143. The summed E-state index contributed by atoms with van der Waals surface area (Å²) in [4.78, 5) is 22.8. The van der Waals surface area contributed by atoms with Gasteiger partial charge in [0.2, 0.25) is 5.91 Å². The van der Waals surface area contributed by atoms with Gasteiger partial charge in [0.1, 0.15) is 5.82 Å². The summed E-state index contributed by atoms with van der Waals surface area (Å²) in [7, 11) is 0. The van der Waals surface area contributed by atoms with Crippen molar-refractivity contribution in [1.29, 1.82) is 0 Å². The van der Waals surface area contributed by atoms with Crippen LogP contribution in [0, 0.1) is 5.82 Å². The summed E-state index contributed by atoms with van der Waals surface area (Å²) < 4.78 is 17.6. The Morgan fingerprint density at radius 1 is 1.30 bits per heavy atom. The van der Waals surface area contributed by atoms with Crippen LogP contribution in [0.5, 0.6) is 0 Å². The molecule has 1 rings (SSSR count). The van der Waals surface area contributed by atoms with Crippen LogP contribution >= 0.6 is 0 Å². The van der Waals surface area contributed by atoms with Gasteiger partial charge in [-0.15, -0.1) is 0 Å². The molecule has 0 saturated carbocycles. The van der Waals surface area contributed by atoms with Crippen LogP contribution in [0.25, 0.3) is 0 Å². The second-order valence-electron chi connectivity index (χ2n) is 4.56. The Hall–Kier alpha value is -1.91. The average molecular weight is 281 g/mol. The van der Waals surface area contributed by atoms with Gasteiger partial charge in [-0.25, -0.2) is 4.39 Å². The number of esters is 1. The van der Waals surface area contributed by atoms with Gasteiger partial charge < -0.3 is 10.1 Å². The molecule has 0 radical (unpaired) electrons. The highest BCUT2D eigenvalue weighted by molar-refractivity contribution is 5.77. The number of carbonyl (C=O) groups excluding carboxylic acids is 2. The quantitative estimate of drug-likeness (QED) is 0.781. The first-order valence-electron chi connectivity index (χ1n) is 6.70. The Bertz CT molecular complexity index is 445. The number of hydrogen-bond donors (Lipinski definition) is 1. The van der Waals surface area contributed by atoms with Crippen LogP contribution in [0.3, 0.4) is 0 Å². The molecule has 0 aliphatic heterocycles. The number of hydrogen-bond acceptors (Lipinski definition) is 3. The molecule has 110 valence electrons. The molecule has 1 amide bonds. The van der Waals surface area contributed by atoms with E-state index in [9.17, 15) is 14.0 Å². The van der Waals surface area contributed by atoms with Gasteiger partial charge in [-0.1, -0.05) is 19.1 Å². The van der Waals surface area contributed by atoms with E-state index in [1.165, 1.54) is 12.1 Å². The van der Waals surface area contributed by atoms with Gasteiger partial charge in [0, 0.05) is 13.0 Å². The summed E-state index contributed by atoms with van der Waals surface area (Å²) in [6, 6.07) is 6.10. The Morgan fingerprint density at radius 2 is 1.95 bits per heavy atom. The molecule has 0 aliphatic carbocycles. The number of rotatable bonds is 7. The van der Waals surface area contributed by atoms with Crippen molar-refractivity contribution < 1.29 is 18.7 Å². The van der Waals surface area contributed by atoms with Gasteiger partial charge in [0.25, 0.3) is 0 Å². The fraction of sp³-hybridized carbons (Fsp3) is 0.467. The molecule has 0 heterocycles. The normalized spacial score (nSPS) is 11.8. The molecule has 1 atom stereocenters. The lowest BCUT2D eigenvalue weighted by Gasteiger charge is -2.12. The molecule has 0 fully saturated rings. The van der Waals surface area contributed by atoms with Gasteiger partial charge in [-0.05, 0) is 30.5 Å². The standard InChI is InChI=1S/C15H20FNO3/c1-3-20-15(19)8-9-17-14(18)10-11(2)12-4-6-13(16)7-5-12/h4-7,11H,3,8-10H2,1-2H3,(H,17,18)/t11-/m0/s1. The van der Waals surface area contributed by atoms with Crippen molar-refractivity contribution in [3.05, 3.63) is 35.6 Å². The average Bonchev–Trinajstić information content (AvgIpc) is 2.39. The van der Waals surface area contributed by atoms with E-state index in [1.54, 1.807) is 19.1 Å². The predicted octanol–water partition coefficient (Wildman–Crippen LogP) is 2.39. The molecule has 0 bridgehead atoms. The summed E-state index contributed by atoms with van der Waals surface area (Å²) >= 11 is 0. The first-order valence-corrected chi connectivity index (χ1v) is 6.70. The largest absolute Gasteiger partial charge is 0.466 e. The van der Waals surface area contributed by atoms with E-state index in [1.807, 2.05) is 6.92 Å². The van der Waals surface area contributed by atoms with E-state index in [0.717, 1.165) is 5.56 Å². The highest BCUT2D eigenvalue weighted by Crippen LogP contribution is 2.18. The van der Waals surface area contributed by atoms with Gasteiger partial charge in [-0.3, -0.25) is 9.59 Å². The van der Waals surface area contributed by atoms with E-state index < -0.39 is 0 Å². The van der Waals surface area contributed by atoms with Crippen molar-refractivity contribution in [3.63, 3.8) is 0 Å². The maximum Gasteiger partial charge on any atom is 0.307 e. The first-order chi connectivity index (χ1) is 9.52. The summed E-state index contributed by atoms with van der Waals surface area (Å²) in [6.45, 7) is 4.25. The third-order valence-corrected chi connectivity index (χ3v) is 2.89. The van der Waals surface area contributed by atoms with E-state index >= 15 is 0 Å². The number of nitrogens with one attached hydrogen (secondary N) is 1. The molecule has 1 aromatic rings. The highest BCUT2D eigenvalue weighted by Gasteiger charge is 2.11. The van der Waals surface area contributed by atoms with Crippen molar-refractivity contribution in [2.24, 2.45) is 0 Å². The maximum atomic E-state index is 12.8. The monoisotopic (exact) mass is 281 g/mol. The molecule has 0 unspecified atom stereocenters. The van der Waals surface area contributed by atoms with Crippen molar-refractivity contribution in [2.75, 3.05) is 13.2 Å². The van der Waals surface area contributed by atoms with Crippen molar-refractivity contribution in [3.8, 4) is 0 Å². The van der Waals surface area contributed by atoms with Crippen LogP contribution in [0.1, 0.15) is 38.2 Å². The van der Waals surface area contributed by atoms with Gasteiger partial charge >= 0.3 is 5.97 Å². The Balaban J connectivity index is 2.31. The molecule has 0 spiro atoms. The van der Waals surface area contributed by atoms with Gasteiger partial charge in [0.15, 0.2) is 0 Å². The van der Waals surface area contributed by atoms with Crippen molar-refractivity contribution in [2.45, 2.75) is 32.6 Å². The zero-order valence-electron chi connectivity index (χ0n) is 11.8. The number of benzene rings is 1. The van der Waals surface area contributed by atoms with Crippen LogP contribution in [0.4, 0.5) is 4.39 Å². The lowest BCUT2D eigenvalue weighted by Crippen LogP contribution is -2.27. The molecular formula is C15H20FNO3. The minimum atomic E-state index is -0.320. The molecule has 1 aromatic carbocycles. The summed E-state index contributed by atoms with van der Waals surface area (Å²) in [5, 5.41) is 2.67. The lowest BCUT2D eigenvalue weighted by atomic mass is 9.97. The highest BCUT2D eigenvalue weighted by atomic mass is 19.1. The molecule has 5 heteroatoms. The van der Waals surface area contributed by atoms with E-state index in [0.29, 0.717) is 13.0 Å². The number of halogens is 1. The third kappa shape index (κ3) is 5.82. The molecule has 4 nitrogen and oxygen atoms in total. The minimum Gasteiger partial charge on any atom is -0.466 e. The van der Waals surface area contributed by atoms with E-state index in [4.69, 9.17) is 4.74 Å². The van der Waals surface area contributed by atoms with Gasteiger partial charge in [-0.2, -0.15) is 0 Å². The molecule has 0 aliphatic rings. The van der Waals surface area contributed by atoms with Crippen molar-refractivity contribution >= 4 is 11.9 Å². The second kappa shape index (κ2) is 8.30.